The Bertz CT molecular complexity index is 177. The van der Waals surface area contributed by atoms with E-state index < -0.39 is 11.7 Å². The average molecular weight is 178 g/mol. The Morgan fingerprint density at radius 1 is 1.50 bits per heavy atom. The Hall–Kier alpha value is -0.730. The first-order valence-electron chi connectivity index (χ1n) is 3.82. The van der Waals surface area contributed by atoms with Crippen molar-refractivity contribution in [3.63, 3.8) is 0 Å². The molecule has 1 unspecified atom stereocenters. The first kappa shape index (κ1) is 11.3. The predicted octanol–water partition coefficient (Wildman–Crippen LogP) is 3.71. The lowest BCUT2D eigenvalue weighted by Gasteiger charge is -2.05. The van der Waals surface area contributed by atoms with E-state index in [1.807, 2.05) is 13.8 Å². The van der Waals surface area contributed by atoms with Crippen LogP contribution >= 0.6 is 0 Å². The number of hydrogen-bond acceptors (Lipinski definition) is 0. The molecule has 0 amide bonds. The molecule has 0 rings (SSSR count). The summed E-state index contributed by atoms with van der Waals surface area (Å²) in [4.78, 5) is 0. The Morgan fingerprint density at radius 3 is 2.33 bits per heavy atom. The second-order valence-electron chi connectivity index (χ2n) is 2.77. The molecule has 0 radical (unpaired) electrons. The highest BCUT2D eigenvalue weighted by Gasteiger charge is 2.29. The molecule has 0 saturated carbocycles. The SMILES string of the molecule is C=C(C=CC(C)CC)C(F)(F)F. The minimum absolute atomic E-state index is 0.170. The Balaban J connectivity index is 4.10. The molecule has 0 aliphatic heterocycles. The lowest BCUT2D eigenvalue weighted by molar-refractivity contribution is -0.0878. The second-order valence-corrected chi connectivity index (χ2v) is 2.77. The number of allylic oxidation sites excluding steroid dienone is 3. The number of rotatable bonds is 3. The number of hydrogen-bond donors (Lipinski definition) is 0. The van der Waals surface area contributed by atoms with Crippen molar-refractivity contribution in [3.8, 4) is 0 Å². The van der Waals surface area contributed by atoms with Crippen LogP contribution in [0, 0.1) is 5.92 Å². The first-order valence-corrected chi connectivity index (χ1v) is 3.82. The fraction of sp³-hybridized carbons (Fsp3) is 0.556. The van der Waals surface area contributed by atoms with Gasteiger partial charge in [0.25, 0.3) is 0 Å². The highest BCUT2D eigenvalue weighted by molar-refractivity contribution is 5.19. The molecule has 0 heterocycles. The first-order chi connectivity index (χ1) is 5.38. The van der Waals surface area contributed by atoms with E-state index in [1.54, 1.807) is 0 Å². The quantitative estimate of drug-likeness (QED) is 0.578. The van der Waals surface area contributed by atoms with Crippen LogP contribution in [-0.4, -0.2) is 6.18 Å². The van der Waals surface area contributed by atoms with Crippen molar-refractivity contribution >= 4 is 0 Å². The van der Waals surface area contributed by atoms with E-state index in [9.17, 15) is 13.2 Å². The molecule has 0 aliphatic carbocycles. The van der Waals surface area contributed by atoms with Crippen molar-refractivity contribution in [3.05, 3.63) is 24.3 Å². The van der Waals surface area contributed by atoms with Gasteiger partial charge in [0.05, 0.1) is 0 Å². The highest BCUT2D eigenvalue weighted by atomic mass is 19.4. The molecule has 0 aromatic rings. The topological polar surface area (TPSA) is 0 Å². The van der Waals surface area contributed by atoms with Gasteiger partial charge >= 0.3 is 6.18 Å². The van der Waals surface area contributed by atoms with E-state index in [2.05, 4.69) is 6.58 Å². The largest absolute Gasteiger partial charge is 0.415 e. The standard InChI is InChI=1S/C9H13F3/c1-4-7(2)5-6-8(3)9(10,11)12/h5-7H,3-4H2,1-2H3. The third-order valence-corrected chi connectivity index (χ3v) is 1.63. The molecule has 70 valence electrons. The van der Waals surface area contributed by atoms with Gasteiger partial charge in [-0.1, -0.05) is 39.0 Å². The van der Waals surface area contributed by atoms with Gasteiger partial charge < -0.3 is 0 Å². The number of halogens is 3. The summed E-state index contributed by atoms with van der Waals surface area (Å²) in [6.45, 7) is 6.70. The van der Waals surface area contributed by atoms with E-state index in [0.717, 1.165) is 12.5 Å². The van der Waals surface area contributed by atoms with Gasteiger partial charge in [-0.15, -0.1) is 0 Å². The Labute approximate surface area is 70.8 Å². The van der Waals surface area contributed by atoms with Gasteiger partial charge in [-0.05, 0) is 5.92 Å². The minimum atomic E-state index is -4.29. The smallest absolute Gasteiger partial charge is 0.166 e. The third-order valence-electron chi connectivity index (χ3n) is 1.63. The van der Waals surface area contributed by atoms with Crippen molar-refractivity contribution in [2.24, 2.45) is 5.92 Å². The zero-order chi connectivity index (χ0) is 9.78. The fourth-order valence-electron chi connectivity index (χ4n) is 0.511. The number of alkyl halides is 3. The summed E-state index contributed by atoms with van der Waals surface area (Å²) in [5.41, 5.74) is -0.789. The molecule has 3 heteroatoms. The van der Waals surface area contributed by atoms with Crippen molar-refractivity contribution in [2.75, 3.05) is 0 Å². The molecule has 12 heavy (non-hydrogen) atoms. The zero-order valence-corrected chi connectivity index (χ0v) is 7.28. The van der Waals surface area contributed by atoms with Gasteiger partial charge in [0.1, 0.15) is 0 Å². The van der Waals surface area contributed by atoms with Gasteiger partial charge in [-0.25, -0.2) is 0 Å². The molecule has 1 atom stereocenters. The van der Waals surface area contributed by atoms with Crippen LogP contribution in [0.15, 0.2) is 24.3 Å². The Kier molecular flexibility index (Phi) is 4.07. The molecule has 0 bridgehead atoms. The van der Waals surface area contributed by atoms with Gasteiger partial charge in [-0.2, -0.15) is 13.2 Å². The van der Waals surface area contributed by atoms with Gasteiger partial charge in [-0.3, -0.25) is 0 Å². The summed E-state index contributed by atoms with van der Waals surface area (Å²) in [6.07, 6.45) is -0.893. The van der Waals surface area contributed by atoms with Gasteiger partial charge in [0.2, 0.25) is 0 Å². The van der Waals surface area contributed by atoms with Crippen LogP contribution in [0.3, 0.4) is 0 Å². The van der Waals surface area contributed by atoms with Gasteiger partial charge in [0, 0.05) is 5.57 Å². The van der Waals surface area contributed by atoms with Crippen LogP contribution in [0.5, 0.6) is 0 Å². The van der Waals surface area contributed by atoms with Crippen LogP contribution in [0.25, 0.3) is 0 Å². The molecule has 0 spiro atoms. The van der Waals surface area contributed by atoms with Crippen molar-refractivity contribution < 1.29 is 13.2 Å². The van der Waals surface area contributed by atoms with Crippen molar-refractivity contribution in [1.82, 2.24) is 0 Å². The molecule has 0 aromatic heterocycles. The van der Waals surface area contributed by atoms with Crippen molar-refractivity contribution in [2.45, 2.75) is 26.4 Å². The summed E-state index contributed by atoms with van der Waals surface area (Å²) < 4.78 is 35.6. The van der Waals surface area contributed by atoms with E-state index >= 15 is 0 Å². The fourth-order valence-corrected chi connectivity index (χ4v) is 0.511. The minimum Gasteiger partial charge on any atom is -0.166 e. The van der Waals surface area contributed by atoms with E-state index in [0.29, 0.717) is 0 Å². The maximum absolute atomic E-state index is 11.9. The lowest BCUT2D eigenvalue weighted by Crippen LogP contribution is -2.08. The summed E-state index contributed by atoms with van der Waals surface area (Å²) >= 11 is 0. The monoisotopic (exact) mass is 178 g/mol. The maximum atomic E-state index is 11.9. The molecule has 0 aromatic carbocycles. The Morgan fingerprint density at radius 2 is 2.00 bits per heavy atom. The van der Waals surface area contributed by atoms with Crippen molar-refractivity contribution in [1.29, 1.82) is 0 Å². The summed E-state index contributed by atoms with van der Waals surface area (Å²) in [5, 5.41) is 0. The average Bonchev–Trinajstić information content (AvgIpc) is 1.97. The predicted molar refractivity (Wildman–Crippen MR) is 43.8 cm³/mol. The molecule has 0 aliphatic rings. The van der Waals surface area contributed by atoms with Gasteiger partial charge in [0.15, 0.2) is 0 Å². The lowest BCUT2D eigenvalue weighted by atomic mass is 10.1. The molecular weight excluding hydrogens is 165 g/mol. The second kappa shape index (κ2) is 4.33. The van der Waals surface area contributed by atoms with Crippen LogP contribution in [0.4, 0.5) is 13.2 Å². The normalized spacial score (nSPS) is 15.1. The summed E-state index contributed by atoms with van der Waals surface area (Å²) in [7, 11) is 0. The third kappa shape index (κ3) is 4.21. The molecule has 0 saturated heterocycles. The summed E-state index contributed by atoms with van der Waals surface area (Å²) in [5.74, 6) is 0.170. The van der Waals surface area contributed by atoms with Crippen LogP contribution in [-0.2, 0) is 0 Å². The van der Waals surface area contributed by atoms with E-state index in [4.69, 9.17) is 0 Å². The van der Waals surface area contributed by atoms with E-state index in [1.165, 1.54) is 6.08 Å². The summed E-state index contributed by atoms with van der Waals surface area (Å²) in [6, 6.07) is 0. The molecule has 0 fully saturated rings. The van der Waals surface area contributed by atoms with E-state index in [-0.39, 0.29) is 5.92 Å². The molecule has 0 N–H and O–H groups in total. The molecular formula is C9H13F3. The van der Waals surface area contributed by atoms with Crippen LogP contribution in [0.1, 0.15) is 20.3 Å². The highest BCUT2D eigenvalue weighted by Crippen LogP contribution is 2.25. The van der Waals surface area contributed by atoms with Crippen LogP contribution in [0.2, 0.25) is 0 Å². The zero-order valence-electron chi connectivity index (χ0n) is 7.28. The molecule has 0 nitrogen and oxygen atoms in total. The van der Waals surface area contributed by atoms with Crippen LogP contribution < -0.4 is 0 Å². The maximum Gasteiger partial charge on any atom is 0.415 e.